The van der Waals surface area contributed by atoms with Crippen LogP contribution >= 0.6 is 31.9 Å². The Morgan fingerprint density at radius 2 is 1.91 bits per heavy atom. The van der Waals surface area contributed by atoms with Crippen molar-refractivity contribution in [1.82, 2.24) is 4.90 Å². The van der Waals surface area contributed by atoms with Crippen LogP contribution in [0.3, 0.4) is 0 Å². The lowest BCUT2D eigenvalue weighted by Crippen LogP contribution is -2.38. The summed E-state index contributed by atoms with van der Waals surface area (Å²) in [6.07, 6.45) is 6.14. The molecule has 0 bridgehead atoms. The topological polar surface area (TPSA) is 49.4 Å². The second-order valence-electron chi connectivity index (χ2n) is 6.35. The molecule has 0 spiro atoms. The maximum Gasteiger partial charge on any atom is 0.229 e. The summed E-state index contributed by atoms with van der Waals surface area (Å²) in [6, 6.07) is 5.97. The minimum absolute atomic E-state index is 0.0697. The minimum atomic E-state index is -0.250. The van der Waals surface area contributed by atoms with E-state index < -0.39 is 0 Å². The third-order valence-corrected chi connectivity index (χ3v) is 5.88. The molecule has 1 saturated carbocycles. The molecule has 2 aliphatic rings. The van der Waals surface area contributed by atoms with Crippen molar-refractivity contribution in [2.45, 2.75) is 44.6 Å². The molecule has 6 heteroatoms. The van der Waals surface area contributed by atoms with E-state index in [9.17, 15) is 9.59 Å². The fraction of sp³-hybridized carbons (Fsp3) is 0.529. The number of hydrogen-bond donors (Lipinski definition) is 1. The van der Waals surface area contributed by atoms with Gasteiger partial charge >= 0.3 is 0 Å². The summed E-state index contributed by atoms with van der Waals surface area (Å²) >= 11 is 6.84. The Hall–Kier alpha value is -0.880. The largest absolute Gasteiger partial charge is 0.339 e. The molecule has 2 amide bonds. The maximum atomic E-state index is 12.5. The molecule has 1 aromatic rings. The van der Waals surface area contributed by atoms with E-state index in [1.807, 2.05) is 23.1 Å². The zero-order valence-electron chi connectivity index (χ0n) is 12.9. The van der Waals surface area contributed by atoms with E-state index in [1.54, 1.807) is 0 Å². The van der Waals surface area contributed by atoms with Gasteiger partial charge in [-0.1, -0.05) is 35.2 Å². The SMILES string of the molecule is O=C(Nc1ccc(Br)cc1Br)C1CC(=O)N(C2CCCCC2)C1. The molecular weight excluding hydrogens is 424 g/mol. The van der Waals surface area contributed by atoms with Crippen molar-refractivity contribution < 1.29 is 9.59 Å². The highest BCUT2D eigenvalue weighted by Crippen LogP contribution is 2.30. The highest BCUT2D eigenvalue weighted by atomic mass is 79.9. The van der Waals surface area contributed by atoms with Crippen molar-refractivity contribution in [3.05, 3.63) is 27.1 Å². The molecule has 0 aromatic heterocycles. The lowest BCUT2D eigenvalue weighted by Gasteiger charge is -2.31. The highest BCUT2D eigenvalue weighted by molar-refractivity contribution is 9.11. The normalized spacial score (nSPS) is 22.4. The Kier molecular flexibility index (Phi) is 5.42. The molecule has 1 heterocycles. The van der Waals surface area contributed by atoms with Crippen molar-refractivity contribution in [2.24, 2.45) is 5.92 Å². The summed E-state index contributed by atoms with van der Waals surface area (Å²) < 4.78 is 1.77. The standard InChI is InChI=1S/C17H20Br2N2O2/c18-12-6-7-15(14(19)9-12)20-17(23)11-8-16(22)21(10-11)13-4-2-1-3-5-13/h6-7,9,11,13H,1-5,8,10H2,(H,20,23). The number of benzene rings is 1. The van der Waals surface area contributed by atoms with E-state index >= 15 is 0 Å². The zero-order valence-corrected chi connectivity index (χ0v) is 16.0. The van der Waals surface area contributed by atoms with E-state index in [0.29, 0.717) is 19.0 Å². The predicted molar refractivity (Wildman–Crippen MR) is 97.2 cm³/mol. The van der Waals surface area contributed by atoms with E-state index in [4.69, 9.17) is 0 Å². The summed E-state index contributed by atoms with van der Waals surface area (Å²) in [5.74, 6) is -0.188. The summed E-state index contributed by atoms with van der Waals surface area (Å²) in [5, 5.41) is 2.94. The summed E-state index contributed by atoms with van der Waals surface area (Å²) in [7, 11) is 0. The van der Waals surface area contributed by atoms with Crippen molar-refractivity contribution in [3.8, 4) is 0 Å². The van der Waals surface area contributed by atoms with Gasteiger partial charge in [0.15, 0.2) is 0 Å². The number of rotatable bonds is 3. The molecule has 3 rings (SSSR count). The minimum Gasteiger partial charge on any atom is -0.339 e. The quantitative estimate of drug-likeness (QED) is 0.755. The van der Waals surface area contributed by atoms with Crippen LogP contribution in [0.15, 0.2) is 27.1 Å². The molecule has 4 nitrogen and oxygen atoms in total. The van der Waals surface area contributed by atoms with Gasteiger partial charge in [0.2, 0.25) is 11.8 Å². The smallest absolute Gasteiger partial charge is 0.229 e. The number of carbonyl (C=O) groups excluding carboxylic acids is 2. The first kappa shape index (κ1) is 17.0. The molecule has 23 heavy (non-hydrogen) atoms. The number of nitrogens with zero attached hydrogens (tertiary/aromatic N) is 1. The van der Waals surface area contributed by atoms with Gasteiger partial charge in [0.05, 0.1) is 11.6 Å². The first-order chi connectivity index (χ1) is 11.0. The average molecular weight is 444 g/mol. The van der Waals surface area contributed by atoms with Gasteiger partial charge in [-0.3, -0.25) is 9.59 Å². The Morgan fingerprint density at radius 1 is 1.17 bits per heavy atom. The highest BCUT2D eigenvalue weighted by Gasteiger charge is 2.38. The van der Waals surface area contributed by atoms with Crippen LogP contribution in [0.1, 0.15) is 38.5 Å². The van der Waals surface area contributed by atoms with E-state index in [-0.39, 0.29) is 17.7 Å². The van der Waals surface area contributed by atoms with Crippen LogP contribution in [0.4, 0.5) is 5.69 Å². The first-order valence-electron chi connectivity index (χ1n) is 8.10. The summed E-state index contributed by atoms with van der Waals surface area (Å²) in [4.78, 5) is 26.7. The third kappa shape index (κ3) is 3.97. The molecule has 0 radical (unpaired) electrons. The van der Waals surface area contributed by atoms with Crippen LogP contribution in [0.25, 0.3) is 0 Å². The first-order valence-corrected chi connectivity index (χ1v) is 9.68. The second-order valence-corrected chi connectivity index (χ2v) is 8.12. The van der Waals surface area contributed by atoms with Gasteiger partial charge < -0.3 is 10.2 Å². The second kappa shape index (κ2) is 7.34. The number of amides is 2. The average Bonchev–Trinajstić information content (AvgIpc) is 2.93. The molecule has 1 aliphatic heterocycles. The van der Waals surface area contributed by atoms with E-state index in [0.717, 1.165) is 27.5 Å². The van der Waals surface area contributed by atoms with Crippen molar-refractivity contribution in [3.63, 3.8) is 0 Å². The number of hydrogen-bond acceptors (Lipinski definition) is 2. The maximum absolute atomic E-state index is 12.5. The van der Waals surface area contributed by atoms with Gasteiger partial charge in [0.25, 0.3) is 0 Å². The van der Waals surface area contributed by atoms with Crippen molar-refractivity contribution in [1.29, 1.82) is 0 Å². The number of carbonyl (C=O) groups is 2. The Bertz CT molecular complexity index is 615. The molecule has 2 fully saturated rings. The van der Waals surface area contributed by atoms with Gasteiger partial charge in [0, 0.05) is 28.0 Å². The Morgan fingerprint density at radius 3 is 2.61 bits per heavy atom. The predicted octanol–water partition coefficient (Wildman–Crippen LogP) is 4.33. The van der Waals surface area contributed by atoms with Crippen LogP contribution in [0, 0.1) is 5.92 Å². The third-order valence-electron chi connectivity index (χ3n) is 4.73. The Labute approximate surface area is 153 Å². The van der Waals surface area contributed by atoms with Crippen molar-refractivity contribution >= 4 is 49.4 Å². The molecule has 1 unspecified atom stereocenters. The van der Waals surface area contributed by atoms with Gasteiger partial charge in [-0.2, -0.15) is 0 Å². The number of anilines is 1. The van der Waals surface area contributed by atoms with Crippen molar-refractivity contribution in [2.75, 3.05) is 11.9 Å². The molecule has 1 aliphatic carbocycles. The van der Waals surface area contributed by atoms with Gasteiger partial charge in [0.1, 0.15) is 0 Å². The van der Waals surface area contributed by atoms with Gasteiger partial charge in [-0.05, 0) is 47.0 Å². The lowest BCUT2D eigenvalue weighted by molar-refractivity contribution is -0.130. The van der Waals surface area contributed by atoms with Crippen LogP contribution in [-0.2, 0) is 9.59 Å². The van der Waals surface area contributed by atoms with Crippen LogP contribution in [0.2, 0.25) is 0 Å². The van der Waals surface area contributed by atoms with Gasteiger partial charge in [-0.15, -0.1) is 0 Å². The molecular formula is C17H20Br2N2O2. The zero-order chi connectivity index (χ0) is 16.4. The molecule has 1 aromatic carbocycles. The molecule has 124 valence electrons. The van der Waals surface area contributed by atoms with E-state index in [2.05, 4.69) is 37.2 Å². The van der Waals surface area contributed by atoms with Gasteiger partial charge in [-0.25, -0.2) is 0 Å². The molecule has 1 N–H and O–H groups in total. The van der Waals surface area contributed by atoms with Crippen LogP contribution < -0.4 is 5.32 Å². The number of nitrogens with one attached hydrogen (secondary N) is 1. The number of halogens is 2. The number of likely N-dealkylation sites (tertiary alicyclic amines) is 1. The lowest BCUT2D eigenvalue weighted by atomic mass is 9.94. The van der Waals surface area contributed by atoms with Crippen LogP contribution in [0.5, 0.6) is 0 Å². The van der Waals surface area contributed by atoms with Crippen LogP contribution in [-0.4, -0.2) is 29.3 Å². The van der Waals surface area contributed by atoms with E-state index in [1.165, 1.54) is 19.3 Å². The summed E-state index contributed by atoms with van der Waals surface area (Å²) in [6.45, 7) is 0.559. The monoisotopic (exact) mass is 442 g/mol. The Balaban J connectivity index is 1.63. The summed E-state index contributed by atoms with van der Waals surface area (Å²) in [5.41, 5.74) is 0.738. The fourth-order valence-electron chi connectivity index (χ4n) is 3.48. The fourth-order valence-corrected chi connectivity index (χ4v) is 4.62. The molecule has 1 saturated heterocycles. The molecule has 1 atom stereocenters.